The number of benzene rings is 3. The molecule has 0 saturated carbocycles. The summed E-state index contributed by atoms with van der Waals surface area (Å²) in [6, 6.07) is 19.4. The van der Waals surface area contributed by atoms with E-state index in [1.807, 2.05) is 54.6 Å². The molecule has 3 rings (SSSR count). The molecule has 3 aromatic carbocycles. The summed E-state index contributed by atoms with van der Waals surface area (Å²) in [6.07, 6.45) is -0.744. The molecule has 3 aromatic rings. The van der Waals surface area contributed by atoms with Gasteiger partial charge in [0.15, 0.2) is 0 Å². The average molecular weight is 348 g/mol. The van der Waals surface area contributed by atoms with Crippen LogP contribution in [0, 0.1) is 0 Å². The van der Waals surface area contributed by atoms with Gasteiger partial charge >= 0.3 is 0 Å². The van der Waals surface area contributed by atoms with Crippen LogP contribution in [-0.2, 0) is 0 Å². The van der Waals surface area contributed by atoms with Crippen molar-refractivity contribution >= 4 is 38.3 Å². The fourth-order valence-electron chi connectivity index (χ4n) is 2.38. The van der Waals surface area contributed by atoms with Gasteiger partial charge in [-0.25, -0.2) is 0 Å². The standard InChI is InChI=1S/C17H12BrClO/c18-12-8-9-16(19)15(10-12)17(20)14-7-3-5-11-4-1-2-6-13(11)14/h1-10,17,20H. The summed E-state index contributed by atoms with van der Waals surface area (Å²) < 4.78 is 0.899. The van der Waals surface area contributed by atoms with Crippen molar-refractivity contribution in [3.63, 3.8) is 0 Å². The predicted molar refractivity (Wildman–Crippen MR) is 87.2 cm³/mol. The second-order valence-electron chi connectivity index (χ2n) is 4.64. The highest BCUT2D eigenvalue weighted by atomic mass is 79.9. The molecule has 0 bridgehead atoms. The quantitative estimate of drug-likeness (QED) is 0.663. The highest BCUT2D eigenvalue weighted by Gasteiger charge is 2.16. The Morgan fingerprint density at radius 2 is 1.65 bits per heavy atom. The van der Waals surface area contributed by atoms with Gasteiger partial charge in [-0.2, -0.15) is 0 Å². The van der Waals surface area contributed by atoms with Gasteiger partial charge in [0.1, 0.15) is 6.10 Å². The Balaban J connectivity index is 2.17. The smallest absolute Gasteiger partial charge is 0.106 e. The number of hydrogen-bond acceptors (Lipinski definition) is 1. The number of fused-ring (bicyclic) bond motifs is 1. The van der Waals surface area contributed by atoms with Gasteiger partial charge in [0.2, 0.25) is 0 Å². The predicted octanol–water partition coefficient (Wildman–Crippen LogP) is 5.34. The van der Waals surface area contributed by atoms with Crippen molar-refractivity contribution in [1.82, 2.24) is 0 Å². The minimum atomic E-state index is -0.744. The van der Waals surface area contributed by atoms with E-state index in [0.29, 0.717) is 10.6 Å². The Morgan fingerprint density at radius 1 is 0.900 bits per heavy atom. The lowest BCUT2D eigenvalue weighted by Gasteiger charge is -2.16. The third kappa shape index (κ3) is 2.47. The lowest BCUT2D eigenvalue weighted by atomic mass is 9.96. The first-order chi connectivity index (χ1) is 9.66. The van der Waals surface area contributed by atoms with Crippen LogP contribution in [0.3, 0.4) is 0 Å². The van der Waals surface area contributed by atoms with Crippen LogP contribution in [0.5, 0.6) is 0 Å². The molecule has 20 heavy (non-hydrogen) atoms. The molecule has 0 aliphatic carbocycles. The highest BCUT2D eigenvalue weighted by molar-refractivity contribution is 9.10. The maximum Gasteiger partial charge on any atom is 0.106 e. The van der Waals surface area contributed by atoms with Crippen LogP contribution in [0.4, 0.5) is 0 Å². The van der Waals surface area contributed by atoms with Crippen molar-refractivity contribution in [1.29, 1.82) is 0 Å². The Labute approximate surface area is 131 Å². The number of rotatable bonds is 2. The molecule has 0 saturated heterocycles. The zero-order valence-corrected chi connectivity index (χ0v) is 12.9. The number of aliphatic hydroxyl groups excluding tert-OH is 1. The maximum atomic E-state index is 10.7. The molecule has 0 fully saturated rings. The summed E-state index contributed by atoms with van der Waals surface area (Å²) in [5.74, 6) is 0. The van der Waals surface area contributed by atoms with Gasteiger partial charge in [-0.05, 0) is 34.5 Å². The first-order valence-electron chi connectivity index (χ1n) is 6.27. The van der Waals surface area contributed by atoms with E-state index in [0.717, 1.165) is 20.8 Å². The molecule has 100 valence electrons. The zero-order valence-electron chi connectivity index (χ0n) is 10.6. The molecule has 0 heterocycles. The number of hydrogen-bond donors (Lipinski definition) is 1. The van der Waals surface area contributed by atoms with Crippen LogP contribution < -0.4 is 0 Å². The highest BCUT2D eigenvalue weighted by Crippen LogP contribution is 2.33. The van der Waals surface area contributed by atoms with Crippen molar-refractivity contribution in [3.05, 3.63) is 81.3 Å². The SMILES string of the molecule is OC(c1cc(Br)ccc1Cl)c1cccc2ccccc12. The third-order valence-electron chi connectivity index (χ3n) is 3.37. The van der Waals surface area contributed by atoms with E-state index in [9.17, 15) is 5.11 Å². The maximum absolute atomic E-state index is 10.7. The molecule has 0 aliphatic rings. The molecule has 1 unspecified atom stereocenters. The fourth-order valence-corrected chi connectivity index (χ4v) is 2.98. The van der Waals surface area contributed by atoms with E-state index in [2.05, 4.69) is 15.9 Å². The Bertz CT molecular complexity index is 765. The molecule has 1 N–H and O–H groups in total. The summed E-state index contributed by atoms with van der Waals surface area (Å²) in [6.45, 7) is 0. The largest absolute Gasteiger partial charge is 0.384 e. The van der Waals surface area contributed by atoms with Crippen molar-refractivity contribution in [2.24, 2.45) is 0 Å². The van der Waals surface area contributed by atoms with Crippen LogP contribution in [-0.4, -0.2) is 5.11 Å². The van der Waals surface area contributed by atoms with Gasteiger partial charge in [0.25, 0.3) is 0 Å². The molecule has 0 aromatic heterocycles. The van der Waals surface area contributed by atoms with E-state index in [4.69, 9.17) is 11.6 Å². The Kier molecular flexibility index (Phi) is 3.79. The van der Waals surface area contributed by atoms with Gasteiger partial charge in [0.05, 0.1) is 0 Å². The summed E-state index contributed by atoms with van der Waals surface area (Å²) in [4.78, 5) is 0. The van der Waals surface area contributed by atoms with Crippen molar-refractivity contribution in [2.75, 3.05) is 0 Å². The molecule has 0 aliphatic heterocycles. The fraction of sp³-hybridized carbons (Fsp3) is 0.0588. The second kappa shape index (κ2) is 5.57. The molecular formula is C17H12BrClO. The molecule has 0 amide bonds. The Morgan fingerprint density at radius 3 is 2.50 bits per heavy atom. The average Bonchev–Trinajstić information content (AvgIpc) is 2.48. The molecule has 1 nitrogen and oxygen atoms in total. The van der Waals surface area contributed by atoms with Crippen LogP contribution in [0.15, 0.2) is 65.1 Å². The lowest BCUT2D eigenvalue weighted by Crippen LogP contribution is -2.01. The first-order valence-corrected chi connectivity index (χ1v) is 7.44. The van der Waals surface area contributed by atoms with E-state index in [1.165, 1.54) is 0 Å². The van der Waals surface area contributed by atoms with Crippen LogP contribution in [0.1, 0.15) is 17.2 Å². The number of halogens is 2. The first kappa shape index (κ1) is 13.6. The minimum Gasteiger partial charge on any atom is -0.384 e. The molecule has 3 heteroatoms. The van der Waals surface area contributed by atoms with E-state index < -0.39 is 6.10 Å². The van der Waals surface area contributed by atoms with E-state index in [-0.39, 0.29) is 0 Å². The van der Waals surface area contributed by atoms with E-state index in [1.54, 1.807) is 6.07 Å². The summed E-state index contributed by atoms with van der Waals surface area (Å²) in [7, 11) is 0. The lowest BCUT2D eigenvalue weighted by molar-refractivity contribution is 0.222. The van der Waals surface area contributed by atoms with Crippen LogP contribution >= 0.6 is 27.5 Å². The number of aliphatic hydroxyl groups is 1. The summed E-state index contributed by atoms with van der Waals surface area (Å²) >= 11 is 9.63. The summed E-state index contributed by atoms with van der Waals surface area (Å²) in [5.41, 5.74) is 1.57. The van der Waals surface area contributed by atoms with Crippen molar-refractivity contribution < 1.29 is 5.11 Å². The van der Waals surface area contributed by atoms with Gasteiger partial charge in [-0.3, -0.25) is 0 Å². The van der Waals surface area contributed by atoms with Gasteiger partial charge < -0.3 is 5.11 Å². The monoisotopic (exact) mass is 346 g/mol. The molecule has 0 radical (unpaired) electrons. The minimum absolute atomic E-state index is 0.564. The summed E-state index contributed by atoms with van der Waals surface area (Å²) in [5, 5.41) is 13.4. The van der Waals surface area contributed by atoms with Crippen LogP contribution in [0.2, 0.25) is 5.02 Å². The van der Waals surface area contributed by atoms with Gasteiger partial charge in [0, 0.05) is 15.1 Å². The second-order valence-corrected chi connectivity index (χ2v) is 5.96. The van der Waals surface area contributed by atoms with Gasteiger partial charge in [-0.15, -0.1) is 0 Å². The zero-order chi connectivity index (χ0) is 14.1. The van der Waals surface area contributed by atoms with Crippen molar-refractivity contribution in [2.45, 2.75) is 6.10 Å². The van der Waals surface area contributed by atoms with E-state index >= 15 is 0 Å². The molecule has 0 spiro atoms. The third-order valence-corrected chi connectivity index (χ3v) is 4.21. The van der Waals surface area contributed by atoms with Crippen molar-refractivity contribution in [3.8, 4) is 0 Å². The van der Waals surface area contributed by atoms with Crippen LogP contribution in [0.25, 0.3) is 10.8 Å². The van der Waals surface area contributed by atoms with Gasteiger partial charge in [-0.1, -0.05) is 70.0 Å². The molecular weight excluding hydrogens is 336 g/mol. The Hall–Kier alpha value is -1.35. The normalized spacial score (nSPS) is 12.6. The molecule has 1 atom stereocenters. The topological polar surface area (TPSA) is 20.2 Å².